The molecular weight excluding hydrogens is 190 g/mol. The maximum absolute atomic E-state index is 11.8. The van der Waals surface area contributed by atoms with E-state index in [4.69, 9.17) is 5.26 Å². The van der Waals surface area contributed by atoms with Gasteiger partial charge in [-0.3, -0.25) is 4.79 Å². The van der Waals surface area contributed by atoms with E-state index in [2.05, 4.69) is 9.97 Å². The summed E-state index contributed by atoms with van der Waals surface area (Å²) in [6.07, 6.45) is 1.43. The molecule has 74 valence electrons. The molecule has 0 amide bonds. The smallest absolute Gasteiger partial charge is 0.225 e. The number of rotatable bonds is 0. The Labute approximate surface area is 86.2 Å². The van der Waals surface area contributed by atoms with Crippen molar-refractivity contribution >= 4 is 11.0 Å². The van der Waals surface area contributed by atoms with Crippen molar-refractivity contribution in [1.82, 2.24) is 9.97 Å². The van der Waals surface area contributed by atoms with Crippen molar-refractivity contribution in [2.45, 2.75) is 13.8 Å². The zero-order valence-electron chi connectivity index (χ0n) is 8.46. The Morgan fingerprint density at radius 3 is 2.87 bits per heavy atom. The first-order valence-electron chi connectivity index (χ1n) is 4.53. The summed E-state index contributed by atoms with van der Waals surface area (Å²) in [5.41, 5.74) is 2.56. The number of nitrogens with zero attached hydrogens (tertiary/aromatic N) is 2. The summed E-state index contributed by atoms with van der Waals surface area (Å²) < 4.78 is 0. The van der Waals surface area contributed by atoms with Crippen LogP contribution in [0.15, 0.2) is 17.1 Å². The minimum Gasteiger partial charge on any atom is -0.358 e. The van der Waals surface area contributed by atoms with Crippen LogP contribution in [0.25, 0.3) is 11.0 Å². The number of pyridine rings is 2. The van der Waals surface area contributed by atoms with Crippen molar-refractivity contribution in [2.75, 3.05) is 0 Å². The van der Waals surface area contributed by atoms with Gasteiger partial charge in [0.05, 0.1) is 5.52 Å². The van der Waals surface area contributed by atoms with Crippen LogP contribution in [-0.2, 0) is 0 Å². The standard InChI is InChI=1S/C11H9N3O/c1-6-3-7(2)14-10-9(6)13-5-8(4-12)11(10)15/h3,5H,1-2H3,(H,13,15). The molecule has 0 aliphatic heterocycles. The third-order valence-electron chi connectivity index (χ3n) is 2.29. The van der Waals surface area contributed by atoms with Gasteiger partial charge < -0.3 is 4.98 Å². The van der Waals surface area contributed by atoms with Gasteiger partial charge in [-0.15, -0.1) is 0 Å². The second-order valence-corrected chi connectivity index (χ2v) is 3.45. The van der Waals surface area contributed by atoms with Crippen LogP contribution in [0, 0.1) is 25.2 Å². The maximum Gasteiger partial charge on any atom is 0.225 e. The lowest BCUT2D eigenvalue weighted by Gasteiger charge is -2.02. The zero-order valence-corrected chi connectivity index (χ0v) is 8.46. The Bertz CT molecular complexity index is 635. The van der Waals surface area contributed by atoms with Crippen LogP contribution in [-0.4, -0.2) is 9.97 Å². The molecule has 0 spiro atoms. The largest absolute Gasteiger partial charge is 0.358 e. The van der Waals surface area contributed by atoms with E-state index in [1.165, 1.54) is 6.20 Å². The SMILES string of the molecule is Cc1cc(C)c2[nH]cc(C#N)c(=O)c2n1. The molecule has 2 aromatic heterocycles. The summed E-state index contributed by atoms with van der Waals surface area (Å²) in [5.74, 6) is 0. The van der Waals surface area contributed by atoms with Crippen LogP contribution >= 0.6 is 0 Å². The van der Waals surface area contributed by atoms with Crippen LogP contribution in [0.1, 0.15) is 16.8 Å². The molecule has 4 heteroatoms. The lowest BCUT2D eigenvalue weighted by Crippen LogP contribution is -2.10. The topological polar surface area (TPSA) is 69.5 Å². The number of aromatic nitrogens is 2. The van der Waals surface area contributed by atoms with Crippen LogP contribution in [0.2, 0.25) is 0 Å². The highest BCUT2D eigenvalue weighted by molar-refractivity contribution is 5.78. The summed E-state index contributed by atoms with van der Waals surface area (Å²) >= 11 is 0. The predicted octanol–water partition coefficient (Wildman–Crippen LogP) is 1.41. The van der Waals surface area contributed by atoms with Gasteiger partial charge in [-0.1, -0.05) is 0 Å². The van der Waals surface area contributed by atoms with Crippen LogP contribution in [0.3, 0.4) is 0 Å². The first-order valence-corrected chi connectivity index (χ1v) is 4.53. The minimum absolute atomic E-state index is 0.0972. The van der Waals surface area contributed by atoms with Gasteiger partial charge in [0.15, 0.2) is 0 Å². The highest BCUT2D eigenvalue weighted by atomic mass is 16.1. The summed E-state index contributed by atoms with van der Waals surface area (Å²) in [5, 5.41) is 8.72. The van der Waals surface area contributed by atoms with Crippen molar-refractivity contribution in [2.24, 2.45) is 0 Å². The molecule has 0 unspecified atom stereocenters. The number of hydrogen-bond acceptors (Lipinski definition) is 3. The molecule has 0 fully saturated rings. The molecule has 4 nitrogen and oxygen atoms in total. The molecule has 0 atom stereocenters. The third kappa shape index (κ3) is 1.38. The van der Waals surface area contributed by atoms with Crippen molar-refractivity contribution in [3.05, 3.63) is 39.3 Å². The molecule has 2 heterocycles. The summed E-state index contributed by atoms with van der Waals surface area (Å²) in [4.78, 5) is 18.8. The predicted molar refractivity (Wildman–Crippen MR) is 56.6 cm³/mol. The summed E-state index contributed by atoms with van der Waals surface area (Å²) in [7, 11) is 0. The molecular formula is C11H9N3O. The van der Waals surface area contributed by atoms with Gasteiger partial charge in [-0.25, -0.2) is 4.98 Å². The first kappa shape index (κ1) is 9.41. The molecule has 0 aliphatic rings. The van der Waals surface area contributed by atoms with E-state index in [0.29, 0.717) is 11.0 Å². The number of hydrogen-bond donors (Lipinski definition) is 1. The lowest BCUT2D eigenvalue weighted by molar-refractivity contribution is 1.19. The Balaban J connectivity index is 3.01. The highest BCUT2D eigenvalue weighted by Crippen LogP contribution is 2.12. The molecule has 15 heavy (non-hydrogen) atoms. The van der Waals surface area contributed by atoms with E-state index in [0.717, 1.165) is 11.3 Å². The van der Waals surface area contributed by atoms with Gasteiger partial charge in [-0.05, 0) is 25.5 Å². The number of fused-ring (bicyclic) bond motifs is 1. The molecule has 0 bridgehead atoms. The van der Waals surface area contributed by atoms with E-state index in [9.17, 15) is 4.79 Å². The second-order valence-electron chi connectivity index (χ2n) is 3.45. The summed E-state index contributed by atoms with van der Waals surface area (Å²) in [6, 6.07) is 3.74. The van der Waals surface area contributed by atoms with Crippen LogP contribution in [0.5, 0.6) is 0 Å². The number of aromatic amines is 1. The Kier molecular flexibility index (Phi) is 2.01. The fraction of sp³-hybridized carbons (Fsp3) is 0.182. The molecule has 0 saturated heterocycles. The van der Waals surface area contributed by atoms with Crippen molar-refractivity contribution in [1.29, 1.82) is 5.26 Å². The van der Waals surface area contributed by atoms with Gasteiger partial charge >= 0.3 is 0 Å². The number of H-pyrrole nitrogens is 1. The monoisotopic (exact) mass is 199 g/mol. The van der Waals surface area contributed by atoms with E-state index in [1.807, 2.05) is 26.0 Å². The third-order valence-corrected chi connectivity index (χ3v) is 2.29. The van der Waals surface area contributed by atoms with Crippen LogP contribution < -0.4 is 5.43 Å². The van der Waals surface area contributed by atoms with Gasteiger partial charge in [0.25, 0.3) is 0 Å². The van der Waals surface area contributed by atoms with Gasteiger partial charge in [0, 0.05) is 11.9 Å². The van der Waals surface area contributed by atoms with Crippen molar-refractivity contribution in [3.63, 3.8) is 0 Å². The molecule has 0 saturated carbocycles. The maximum atomic E-state index is 11.8. The number of nitriles is 1. The molecule has 2 rings (SSSR count). The van der Waals surface area contributed by atoms with E-state index in [1.54, 1.807) is 0 Å². The van der Waals surface area contributed by atoms with Crippen molar-refractivity contribution < 1.29 is 0 Å². The molecule has 0 aromatic carbocycles. The Morgan fingerprint density at radius 1 is 1.47 bits per heavy atom. The first-order chi connectivity index (χ1) is 7.13. The normalized spacial score (nSPS) is 10.2. The number of aryl methyl sites for hydroxylation is 2. The van der Waals surface area contributed by atoms with Crippen molar-refractivity contribution in [3.8, 4) is 6.07 Å². The van der Waals surface area contributed by atoms with Gasteiger partial charge in [-0.2, -0.15) is 5.26 Å². The average molecular weight is 199 g/mol. The Hall–Kier alpha value is -2.15. The molecule has 0 aliphatic carbocycles. The molecule has 0 radical (unpaired) electrons. The van der Waals surface area contributed by atoms with Gasteiger partial charge in [0.1, 0.15) is 17.1 Å². The zero-order chi connectivity index (χ0) is 11.0. The second kappa shape index (κ2) is 3.21. The fourth-order valence-corrected chi connectivity index (χ4v) is 1.60. The minimum atomic E-state index is -0.307. The Morgan fingerprint density at radius 2 is 2.20 bits per heavy atom. The quantitative estimate of drug-likeness (QED) is 0.697. The fourth-order valence-electron chi connectivity index (χ4n) is 1.60. The van der Waals surface area contributed by atoms with Crippen LogP contribution in [0.4, 0.5) is 0 Å². The highest BCUT2D eigenvalue weighted by Gasteiger charge is 2.07. The van der Waals surface area contributed by atoms with E-state index in [-0.39, 0.29) is 11.0 Å². The molecule has 2 aromatic rings. The number of nitrogens with one attached hydrogen (secondary N) is 1. The average Bonchev–Trinajstić information content (AvgIpc) is 2.19. The molecule has 1 N–H and O–H groups in total. The van der Waals surface area contributed by atoms with E-state index < -0.39 is 0 Å². The van der Waals surface area contributed by atoms with Gasteiger partial charge in [0.2, 0.25) is 5.43 Å². The summed E-state index contributed by atoms with van der Waals surface area (Å²) in [6.45, 7) is 3.73. The lowest BCUT2D eigenvalue weighted by atomic mass is 10.1. The van der Waals surface area contributed by atoms with E-state index >= 15 is 0 Å².